The number of ether oxygens (including phenoxy) is 3. The molecule has 0 amide bonds. The predicted molar refractivity (Wildman–Crippen MR) is 87.0 cm³/mol. The first-order chi connectivity index (χ1) is 10.7. The van der Waals surface area contributed by atoms with Gasteiger partial charge in [-0.15, -0.1) is 0 Å². The van der Waals surface area contributed by atoms with Crippen molar-refractivity contribution in [2.45, 2.75) is 26.1 Å². The molecule has 0 saturated heterocycles. The van der Waals surface area contributed by atoms with E-state index in [9.17, 15) is 4.79 Å². The number of carbonyl (C=O) groups excluding carboxylic acids is 1. The highest BCUT2D eigenvalue weighted by Crippen LogP contribution is 2.12. The van der Waals surface area contributed by atoms with Gasteiger partial charge in [0, 0.05) is 7.11 Å². The molecule has 0 fully saturated rings. The average molecular weight is 304 g/mol. The Morgan fingerprint density at radius 3 is 2.50 bits per heavy atom. The van der Waals surface area contributed by atoms with Crippen LogP contribution in [0.1, 0.15) is 18.9 Å². The van der Waals surface area contributed by atoms with Crippen LogP contribution >= 0.6 is 0 Å². The van der Waals surface area contributed by atoms with Crippen LogP contribution in [0.5, 0.6) is 5.75 Å². The van der Waals surface area contributed by atoms with E-state index < -0.39 is 0 Å². The molecule has 1 aromatic rings. The molecule has 0 heterocycles. The van der Waals surface area contributed by atoms with Gasteiger partial charge in [-0.2, -0.15) is 0 Å². The van der Waals surface area contributed by atoms with E-state index in [1.165, 1.54) is 6.08 Å². The van der Waals surface area contributed by atoms with Gasteiger partial charge < -0.3 is 14.2 Å². The fourth-order valence-electron chi connectivity index (χ4n) is 1.94. The van der Waals surface area contributed by atoms with E-state index in [0.717, 1.165) is 29.6 Å². The minimum atomic E-state index is -0.0666. The number of rotatable bonds is 10. The van der Waals surface area contributed by atoms with Crippen molar-refractivity contribution in [1.82, 2.24) is 0 Å². The molecule has 1 rings (SSSR count). The molecule has 0 aliphatic rings. The topological polar surface area (TPSA) is 44.8 Å². The molecule has 22 heavy (non-hydrogen) atoms. The van der Waals surface area contributed by atoms with Crippen LogP contribution < -0.4 is 4.74 Å². The Labute approximate surface area is 132 Å². The third kappa shape index (κ3) is 6.70. The van der Waals surface area contributed by atoms with Crippen molar-refractivity contribution >= 4 is 6.29 Å². The van der Waals surface area contributed by atoms with Crippen molar-refractivity contribution < 1.29 is 19.0 Å². The summed E-state index contributed by atoms with van der Waals surface area (Å²) in [6, 6.07) is 7.80. The number of hydrogen-bond donors (Lipinski definition) is 0. The molecule has 0 aromatic heterocycles. The SMILES string of the molecule is COc1ccc(COC/C=C\C[C@@H](OC)/C(C)=C\C=O)cc1. The summed E-state index contributed by atoms with van der Waals surface area (Å²) in [6.45, 7) is 2.99. The Morgan fingerprint density at radius 2 is 1.91 bits per heavy atom. The van der Waals surface area contributed by atoms with Crippen molar-refractivity contribution in [3.05, 3.63) is 53.6 Å². The summed E-state index contributed by atoms with van der Waals surface area (Å²) in [5, 5.41) is 0. The highest BCUT2D eigenvalue weighted by molar-refractivity contribution is 5.66. The molecule has 4 heteroatoms. The van der Waals surface area contributed by atoms with E-state index in [1.54, 1.807) is 14.2 Å². The lowest BCUT2D eigenvalue weighted by molar-refractivity contribution is -0.104. The summed E-state index contributed by atoms with van der Waals surface area (Å²) in [6.07, 6.45) is 6.93. The second kappa shape index (κ2) is 10.8. The lowest BCUT2D eigenvalue weighted by atomic mass is 10.1. The Hall–Kier alpha value is -1.91. The quantitative estimate of drug-likeness (QED) is 0.288. The Morgan fingerprint density at radius 1 is 1.18 bits per heavy atom. The van der Waals surface area contributed by atoms with Crippen LogP contribution in [0, 0.1) is 0 Å². The normalized spacial score (nSPS) is 13.3. The van der Waals surface area contributed by atoms with E-state index in [-0.39, 0.29) is 6.10 Å². The van der Waals surface area contributed by atoms with Crippen LogP contribution in [0.15, 0.2) is 48.1 Å². The maximum absolute atomic E-state index is 10.4. The Balaban J connectivity index is 2.28. The van der Waals surface area contributed by atoms with Gasteiger partial charge in [0.05, 0.1) is 26.4 Å². The van der Waals surface area contributed by atoms with Crippen molar-refractivity contribution in [2.24, 2.45) is 0 Å². The minimum Gasteiger partial charge on any atom is -0.497 e. The molecule has 0 aliphatic heterocycles. The number of aldehydes is 1. The second-order valence-corrected chi connectivity index (χ2v) is 4.84. The third-order valence-electron chi connectivity index (χ3n) is 3.28. The monoisotopic (exact) mass is 304 g/mol. The molecular weight excluding hydrogens is 280 g/mol. The van der Waals surface area contributed by atoms with Gasteiger partial charge >= 0.3 is 0 Å². The molecule has 0 bridgehead atoms. The van der Waals surface area contributed by atoms with Crippen LogP contribution in [-0.2, 0) is 20.9 Å². The largest absolute Gasteiger partial charge is 0.497 e. The lowest BCUT2D eigenvalue weighted by Crippen LogP contribution is -2.11. The Kier molecular flexibility index (Phi) is 8.88. The summed E-state index contributed by atoms with van der Waals surface area (Å²) in [4.78, 5) is 10.4. The Bertz CT molecular complexity index is 488. The molecule has 0 unspecified atom stereocenters. The van der Waals surface area contributed by atoms with Crippen molar-refractivity contribution in [2.75, 3.05) is 20.8 Å². The van der Waals surface area contributed by atoms with Crippen molar-refractivity contribution in [3.63, 3.8) is 0 Å². The number of allylic oxidation sites excluding steroid dienone is 1. The molecule has 0 saturated carbocycles. The summed E-state index contributed by atoms with van der Waals surface area (Å²) >= 11 is 0. The zero-order valence-corrected chi connectivity index (χ0v) is 13.5. The standard InChI is InChI=1S/C18H24O4/c1-15(11-12-19)18(21-3)6-4-5-13-22-14-16-7-9-17(20-2)10-8-16/h4-5,7-12,18H,6,13-14H2,1-3H3/b5-4-,15-11-/t18-/m1/s1. The summed E-state index contributed by atoms with van der Waals surface area (Å²) in [5.41, 5.74) is 2.02. The van der Waals surface area contributed by atoms with Crippen LogP contribution in [0.3, 0.4) is 0 Å². The zero-order valence-electron chi connectivity index (χ0n) is 13.5. The number of methoxy groups -OCH3 is 2. The zero-order chi connectivity index (χ0) is 16.2. The van der Waals surface area contributed by atoms with Crippen LogP contribution in [0.2, 0.25) is 0 Å². The van der Waals surface area contributed by atoms with Gasteiger partial charge in [0.25, 0.3) is 0 Å². The number of carbonyl (C=O) groups is 1. The van der Waals surface area contributed by atoms with Crippen LogP contribution in [0.4, 0.5) is 0 Å². The summed E-state index contributed by atoms with van der Waals surface area (Å²) < 4.78 is 16.0. The first-order valence-electron chi connectivity index (χ1n) is 7.21. The highest BCUT2D eigenvalue weighted by atomic mass is 16.5. The summed E-state index contributed by atoms with van der Waals surface area (Å²) in [7, 11) is 3.29. The first-order valence-corrected chi connectivity index (χ1v) is 7.21. The van der Waals surface area contributed by atoms with Crippen molar-refractivity contribution in [1.29, 1.82) is 0 Å². The van der Waals surface area contributed by atoms with E-state index in [0.29, 0.717) is 13.2 Å². The van der Waals surface area contributed by atoms with Crippen LogP contribution in [0.25, 0.3) is 0 Å². The first kappa shape index (κ1) is 18.1. The minimum absolute atomic E-state index is 0.0666. The molecule has 120 valence electrons. The molecule has 1 atom stereocenters. The van der Waals surface area contributed by atoms with E-state index >= 15 is 0 Å². The maximum atomic E-state index is 10.4. The number of benzene rings is 1. The van der Waals surface area contributed by atoms with Gasteiger partial charge in [0.2, 0.25) is 0 Å². The smallest absolute Gasteiger partial charge is 0.142 e. The van der Waals surface area contributed by atoms with Gasteiger partial charge in [-0.3, -0.25) is 4.79 Å². The highest BCUT2D eigenvalue weighted by Gasteiger charge is 2.06. The third-order valence-corrected chi connectivity index (χ3v) is 3.28. The molecule has 0 radical (unpaired) electrons. The van der Waals surface area contributed by atoms with E-state index in [1.807, 2.05) is 43.3 Å². The van der Waals surface area contributed by atoms with Gasteiger partial charge in [-0.05, 0) is 42.7 Å². The van der Waals surface area contributed by atoms with Gasteiger partial charge in [0.1, 0.15) is 12.0 Å². The molecular formula is C18H24O4. The maximum Gasteiger partial charge on any atom is 0.142 e. The lowest BCUT2D eigenvalue weighted by Gasteiger charge is -2.13. The van der Waals surface area contributed by atoms with Gasteiger partial charge in [0.15, 0.2) is 0 Å². The van der Waals surface area contributed by atoms with E-state index in [2.05, 4.69) is 0 Å². The second-order valence-electron chi connectivity index (χ2n) is 4.84. The summed E-state index contributed by atoms with van der Waals surface area (Å²) in [5.74, 6) is 0.841. The molecule has 0 spiro atoms. The van der Waals surface area contributed by atoms with Gasteiger partial charge in [-0.25, -0.2) is 0 Å². The fraction of sp³-hybridized carbons (Fsp3) is 0.389. The van der Waals surface area contributed by atoms with E-state index in [4.69, 9.17) is 14.2 Å². The molecule has 0 aliphatic carbocycles. The fourth-order valence-corrected chi connectivity index (χ4v) is 1.94. The molecule has 1 aromatic carbocycles. The average Bonchev–Trinajstić information content (AvgIpc) is 2.55. The predicted octanol–water partition coefficient (Wildman–Crippen LogP) is 3.32. The molecule has 4 nitrogen and oxygen atoms in total. The number of hydrogen-bond acceptors (Lipinski definition) is 4. The molecule has 0 N–H and O–H groups in total. The van der Waals surface area contributed by atoms with Crippen LogP contribution in [-0.4, -0.2) is 33.2 Å². The van der Waals surface area contributed by atoms with Crippen molar-refractivity contribution in [3.8, 4) is 5.75 Å². The van der Waals surface area contributed by atoms with Gasteiger partial charge in [-0.1, -0.05) is 24.3 Å².